The Labute approximate surface area is 153 Å². The molecule has 2 fully saturated rings. The molecule has 2 aliphatic rings. The Balaban J connectivity index is 1.65. The lowest BCUT2D eigenvalue weighted by molar-refractivity contribution is -0.126. The number of aryl methyl sites for hydroxylation is 2. The number of aromatic nitrogens is 1. The second-order valence-electron chi connectivity index (χ2n) is 7.27. The fourth-order valence-electron chi connectivity index (χ4n) is 3.52. The predicted octanol–water partition coefficient (Wildman–Crippen LogP) is 1.54. The predicted molar refractivity (Wildman–Crippen MR) is 100 cm³/mol. The largest absolute Gasteiger partial charge is 0.352 e. The minimum atomic E-state index is -0.468. The van der Waals surface area contributed by atoms with E-state index in [1.54, 1.807) is 4.90 Å². The van der Waals surface area contributed by atoms with Crippen molar-refractivity contribution in [1.82, 2.24) is 20.5 Å². The molecule has 2 heterocycles. The number of fused-ring (bicyclic) bond motifs is 1. The van der Waals surface area contributed by atoms with E-state index in [1.807, 2.05) is 38.1 Å². The van der Waals surface area contributed by atoms with Gasteiger partial charge >= 0.3 is 0 Å². The Kier molecular flexibility index (Phi) is 4.36. The van der Waals surface area contributed by atoms with Crippen molar-refractivity contribution in [3.05, 3.63) is 41.1 Å². The number of benzene rings is 1. The number of nitrogens with zero attached hydrogens (tertiary/aromatic N) is 2. The molecule has 1 aromatic carbocycles. The van der Waals surface area contributed by atoms with E-state index in [4.69, 9.17) is 0 Å². The molecule has 2 aromatic rings. The van der Waals surface area contributed by atoms with Gasteiger partial charge < -0.3 is 15.5 Å². The molecular weight excluding hydrogens is 328 g/mol. The lowest BCUT2D eigenvalue weighted by Gasteiger charge is -2.35. The number of piperazine rings is 1. The van der Waals surface area contributed by atoms with E-state index in [-0.39, 0.29) is 17.9 Å². The first-order valence-electron chi connectivity index (χ1n) is 9.23. The third-order valence-corrected chi connectivity index (χ3v) is 5.20. The maximum atomic E-state index is 13.2. The van der Waals surface area contributed by atoms with Crippen LogP contribution in [0.25, 0.3) is 10.9 Å². The molecular formula is C20H24N4O2. The van der Waals surface area contributed by atoms with Gasteiger partial charge in [-0.15, -0.1) is 0 Å². The maximum Gasteiger partial charge on any atom is 0.256 e. The summed E-state index contributed by atoms with van der Waals surface area (Å²) in [6, 6.07) is 7.69. The zero-order chi connectivity index (χ0) is 18.3. The average molecular weight is 352 g/mol. The minimum Gasteiger partial charge on any atom is -0.352 e. The van der Waals surface area contributed by atoms with Crippen molar-refractivity contribution in [1.29, 1.82) is 0 Å². The number of nitrogens with one attached hydrogen (secondary N) is 2. The molecule has 0 radical (unpaired) electrons. The Hall–Kier alpha value is -2.47. The van der Waals surface area contributed by atoms with Gasteiger partial charge in [0, 0.05) is 31.1 Å². The van der Waals surface area contributed by atoms with Gasteiger partial charge in [-0.3, -0.25) is 14.6 Å². The highest BCUT2D eigenvalue weighted by molar-refractivity contribution is 6.01. The smallest absolute Gasteiger partial charge is 0.256 e. The van der Waals surface area contributed by atoms with Gasteiger partial charge in [-0.05, 0) is 38.3 Å². The number of para-hydroxylation sites is 1. The number of carbonyl (C=O) groups is 2. The molecule has 4 rings (SSSR count). The summed E-state index contributed by atoms with van der Waals surface area (Å²) in [4.78, 5) is 32.2. The summed E-state index contributed by atoms with van der Waals surface area (Å²) in [5, 5.41) is 7.20. The van der Waals surface area contributed by atoms with Crippen LogP contribution < -0.4 is 10.6 Å². The molecule has 1 saturated carbocycles. The molecule has 26 heavy (non-hydrogen) atoms. The number of carbonyl (C=O) groups excluding carboxylic acids is 2. The fraction of sp³-hybridized carbons (Fsp3) is 0.450. The maximum absolute atomic E-state index is 13.2. The van der Waals surface area contributed by atoms with Crippen LogP contribution in [-0.2, 0) is 4.79 Å². The molecule has 6 nitrogen and oxygen atoms in total. The number of amides is 2. The van der Waals surface area contributed by atoms with E-state index < -0.39 is 6.04 Å². The van der Waals surface area contributed by atoms with Gasteiger partial charge in [-0.2, -0.15) is 0 Å². The first kappa shape index (κ1) is 17.0. The molecule has 1 aromatic heterocycles. The molecule has 136 valence electrons. The molecule has 0 spiro atoms. The van der Waals surface area contributed by atoms with Gasteiger partial charge in [0.1, 0.15) is 6.04 Å². The van der Waals surface area contributed by atoms with Crippen molar-refractivity contribution in [3.63, 3.8) is 0 Å². The van der Waals surface area contributed by atoms with Crippen LogP contribution in [0.4, 0.5) is 0 Å². The zero-order valence-electron chi connectivity index (χ0n) is 15.2. The van der Waals surface area contributed by atoms with E-state index in [0.29, 0.717) is 30.9 Å². The minimum absolute atomic E-state index is 0.0599. The van der Waals surface area contributed by atoms with Crippen molar-refractivity contribution in [3.8, 4) is 0 Å². The molecule has 6 heteroatoms. The SMILES string of the molecule is Cc1nc2c(C)cccc2cc1C(=O)N1CCNC[C@@H]1C(=O)NC1CC1. The van der Waals surface area contributed by atoms with Crippen LogP contribution in [0.2, 0.25) is 0 Å². The Morgan fingerprint density at radius 3 is 2.85 bits per heavy atom. The summed E-state index contributed by atoms with van der Waals surface area (Å²) in [5.74, 6) is -0.175. The Bertz CT molecular complexity index is 875. The van der Waals surface area contributed by atoms with Crippen LogP contribution in [0, 0.1) is 13.8 Å². The van der Waals surface area contributed by atoms with Crippen molar-refractivity contribution >= 4 is 22.7 Å². The number of hydrogen-bond donors (Lipinski definition) is 2. The first-order valence-corrected chi connectivity index (χ1v) is 9.23. The zero-order valence-corrected chi connectivity index (χ0v) is 15.2. The van der Waals surface area contributed by atoms with Gasteiger partial charge in [-0.25, -0.2) is 0 Å². The van der Waals surface area contributed by atoms with Crippen molar-refractivity contribution in [2.24, 2.45) is 0 Å². The van der Waals surface area contributed by atoms with Crippen LogP contribution in [0.5, 0.6) is 0 Å². The first-order chi connectivity index (χ1) is 12.5. The number of rotatable bonds is 3. The topological polar surface area (TPSA) is 74.3 Å². The van der Waals surface area contributed by atoms with E-state index in [1.165, 1.54) is 0 Å². The highest BCUT2D eigenvalue weighted by Gasteiger charge is 2.35. The lowest BCUT2D eigenvalue weighted by Crippen LogP contribution is -2.59. The van der Waals surface area contributed by atoms with Crippen LogP contribution in [0.3, 0.4) is 0 Å². The Morgan fingerprint density at radius 2 is 2.08 bits per heavy atom. The van der Waals surface area contributed by atoms with Crippen molar-refractivity contribution < 1.29 is 9.59 Å². The summed E-state index contributed by atoms with van der Waals surface area (Å²) in [6.07, 6.45) is 2.07. The third kappa shape index (κ3) is 3.17. The molecule has 2 amide bonds. The molecule has 1 aliphatic carbocycles. The monoisotopic (exact) mass is 352 g/mol. The van der Waals surface area contributed by atoms with E-state index in [9.17, 15) is 9.59 Å². The van der Waals surface area contributed by atoms with Gasteiger partial charge in [0.15, 0.2) is 0 Å². The second kappa shape index (κ2) is 6.68. The second-order valence-corrected chi connectivity index (χ2v) is 7.27. The molecule has 1 saturated heterocycles. The summed E-state index contributed by atoms with van der Waals surface area (Å²) in [5.41, 5.74) is 3.30. The van der Waals surface area contributed by atoms with Gasteiger partial charge in [0.05, 0.1) is 16.8 Å². The fourth-order valence-corrected chi connectivity index (χ4v) is 3.52. The van der Waals surface area contributed by atoms with E-state index in [2.05, 4.69) is 15.6 Å². The quantitative estimate of drug-likeness (QED) is 0.879. The lowest BCUT2D eigenvalue weighted by atomic mass is 10.0. The summed E-state index contributed by atoms with van der Waals surface area (Å²) in [7, 11) is 0. The molecule has 2 N–H and O–H groups in total. The molecule has 1 atom stereocenters. The van der Waals surface area contributed by atoms with Crippen LogP contribution in [-0.4, -0.2) is 53.4 Å². The van der Waals surface area contributed by atoms with Crippen LogP contribution >= 0.6 is 0 Å². The van der Waals surface area contributed by atoms with Crippen LogP contribution in [0.1, 0.15) is 34.5 Å². The van der Waals surface area contributed by atoms with Gasteiger partial charge in [0.2, 0.25) is 5.91 Å². The summed E-state index contributed by atoms with van der Waals surface area (Å²) >= 11 is 0. The summed E-state index contributed by atoms with van der Waals surface area (Å²) in [6.45, 7) is 5.58. The van der Waals surface area contributed by atoms with Crippen molar-refractivity contribution in [2.75, 3.05) is 19.6 Å². The summed E-state index contributed by atoms with van der Waals surface area (Å²) < 4.78 is 0. The number of hydrogen-bond acceptors (Lipinski definition) is 4. The molecule has 0 unspecified atom stereocenters. The normalized spacial score (nSPS) is 20.2. The van der Waals surface area contributed by atoms with Gasteiger partial charge in [0.25, 0.3) is 5.91 Å². The van der Waals surface area contributed by atoms with E-state index in [0.717, 1.165) is 29.3 Å². The number of pyridine rings is 1. The molecule has 1 aliphatic heterocycles. The third-order valence-electron chi connectivity index (χ3n) is 5.20. The van der Waals surface area contributed by atoms with E-state index >= 15 is 0 Å². The van der Waals surface area contributed by atoms with Crippen molar-refractivity contribution in [2.45, 2.75) is 38.8 Å². The molecule has 0 bridgehead atoms. The van der Waals surface area contributed by atoms with Gasteiger partial charge in [-0.1, -0.05) is 18.2 Å². The van der Waals surface area contributed by atoms with Crippen LogP contribution in [0.15, 0.2) is 24.3 Å². The highest BCUT2D eigenvalue weighted by atomic mass is 16.2. The standard InChI is InChI=1S/C20H24N4O2/c1-12-4-3-5-14-10-16(13(2)22-18(12)14)20(26)24-9-8-21-11-17(24)19(25)23-15-6-7-15/h3-5,10,15,17,21H,6-9,11H2,1-2H3,(H,23,25)/t17-/m1/s1. The highest BCUT2D eigenvalue weighted by Crippen LogP contribution is 2.23. The average Bonchev–Trinajstić information content (AvgIpc) is 3.45. The Morgan fingerprint density at radius 1 is 1.27 bits per heavy atom.